The van der Waals surface area contributed by atoms with Crippen LogP contribution in [0.15, 0.2) is 70.2 Å². The summed E-state index contributed by atoms with van der Waals surface area (Å²) in [6.45, 7) is 14.8. The summed E-state index contributed by atoms with van der Waals surface area (Å²) < 4.78 is 35.2. The van der Waals surface area contributed by atoms with Crippen LogP contribution in [0.1, 0.15) is 52.7 Å². The Morgan fingerprint density at radius 3 is 0.974 bits per heavy atom. The van der Waals surface area contributed by atoms with Gasteiger partial charge in [-0.15, -0.1) is 0 Å². The number of rotatable bonds is 18. The van der Waals surface area contributed by atoms with Crippen molar-refractivity contribution in [3.8, 4) is 0 Å². The molecule has 8 nitrogen and oxygen atoms in total. The zero-order valence-electron chi connectivity index (χ0n) is 23.5. The molecule has 0 aromatic heterocycles. The average molecular weight is 559 g/mol. The third-order valence-electron chi connectivity index (χ3n) is 5.10. The van der Waals surface area contributed by atoms with E-state index in [-0.39, 0.29) is 0 Å². The zero-order valence-corrected chi connectivity index (χ0v) is 25.5. The number of hydrogen-bond donors (Lipinski definition) is 0. The Hall–Kier alpha value is -2.29. The Balaban J connectivity index is 2.07. The maximum Gasteiger partial charge on any atom is 0.529 e. The van der Waals surface area contributed by atoms with Crippen LogP contribution in [0, 0.1) is 0 Å². The Morgan fingerprint density at radius 2 is 0.737 bits per heavy atom. The molecule has 2 aromatic carbocycles. The van der Waals surface area contributed by atoms with Gasteiger partial charge in [-0.05, 0) is 88.3 Å². The fraction of sp³-hybridized carbons (Fsp3) is 0.429. The minimum Gasteiger partial charge on any atom is -0.371 e. The molecular formula is C28H42N2O6Si2. The van der Waals surface area contributed by atoms with Crippen molar-refractivity contribution in [2.45, 2.75) is 41.5 Å². The van der Waals surface area contributed by atoms with Gasteiger partial charge in [-0.3, -0.25) is 0 Å². The normalized spacial score (nSPS) is 12.9. The van der Waals surface area contributed by atoms with Crippen LogP contribution in [0.4, 0.5) is 11.4 Å². The van der Waals surface area contributed by atoms with E-state index in [0.717, 1.165) is 22.5 Å². The highest BCUT2D eigenvalue weighted by atomic mass is 28.4. The minimum absolute atomic E-state index is 0.531. The second-order valence-corrected chi connectivity index (χ2v) is 12.7. The van der Waals surface area contributed by atoms with Gasteiger partial charge in [-0.25, -0.2) is 0 Å². The van der Waals surface area contributed by atoms with E-state index in [1.165, 1.54) is 0 Å². The van der Waals surface area contributed by atoms with Crippen LogP contribution in [-0.2, 0) is 26.6 Å². The van der Waals surface area contributed by atoms with Crippen molar-refractivity contribution in [1.29, 1.82) is 0 Å². The topological polar surface area (TPSA) is 80.1 Å². The SMILES string of the molecule is CCO[Si](C=Cc1ccc(N=Nc2ccc(C=C[Si](OCC)(OCC)OCC)cc2)cc1)(OCC)OCC. The molecule has 0 unspecified atom stereocenters. The van der Waals surface area contributed by atoms with Gasteiger partial charge >= 0.3 is 17.6 Å². The maximum atomic E-state index is 5.87. The molecule has 2 rings (SSSR count). The van der Waals surface area contributed by atoms with Gasteiger partial charge in [0.1, 0.15) is 0 Å². The predicted octanol–water partition coefficient (Wildman–Crippen LogP) is 7.30. The fourth-order valence-electron chi connectivity index (χ4n) is 3.56. The summed E-state index contributed by atoms with van der Waals surface area (Å²) in [6.07, 6.45) is 3.95. The molecule has 208 valence electrons. The molecule has 2 aromatic rings. The molecule has 0 fully saturated rings. The Morgan fingerprint density at radius 1 is 0.474 bits per heavy atom. The van der Waals surface area contributed by atoms with Gasteiger partial charge in [0.05, 0.1) is 11.4 Å². The predicted molar refractivity (Wildman–Crippen MR) is 156 cm³/mol. The summed E-state index contributed by atoms with van der Waals surface area (Å²) in [5, 5.41) is 8.73. The van der Waals surface area contributed by atoms with Gasteiger partial charge in [0.25, 0.3) is 0 Å². The maximum absolute atomic E-state index is 5.87. The summed E-state index contributed by atoms with van der Waals surface area (Å²) in [5.41, 5.74) is 7.38. The third kappa shape index (κ3) is 10.5. The van der Waals surface area contributed by atoms with Crippen LogP contribution < -0.4 is 0 Å². The molecule has 0 atom stereocenters. The summed E-state index contributed by atoms with van der Waals surface area (Å²) in [6, 6.07) is 15.6. The van der Waals surface area contributed by atoms with E-state index in [0.29, 0.717) is 39.6 Å². The Labute approximate surface area is 230 Å². The summed E-state index contributed by atoms with van der Waals surface area (Å²) in [7, 11) is -5.66. The van der Waals surface area contributed by atoms with Crippen molar-refractivity contribution >= 4 is 41.1 Å². The van der Waals surface area contributed by atoms with Crippen molar-refractivity contribution in [3.05, 3.63) is 71.1 Å². The number of hydrogen-bond acceptors (Lipinski definition) is 8. The fourth-order valence-corrected chi connectivity index (χ4v) is 7.85. The van der Waals surface area contributed by atoms with Crippen molar-refractivity contribution in [3.63, 3.8) is 0 Å². The lowest BCUT2D eigenvalue weighted by atomic mass is 10.2. The van der Waals surface area contributed by atoms with Crippen molar-refractivity contribution in [2.75, 3.05) is 39.6 Å². The molecule has 0 heterocycles. The third-order valence-corrected chi connectivity index (χ3v) is 10.4. The molecular weight excluding hydrogens is 516 g/mol. The summed E-state index contributed by atoms with van der Waals surface area (Å²) >= 11 is 0. The van der Waals surface area contributed by atoms with Gasteiger partial charge in [-0.1, -0.05) is 36.4 Å². The zero-order chi connectivity index (χ0) is 27.7. The first-order chi connectivity index (χ1) is 18.5. The van der Waals surface area contributed by atoms with Gasteiger partial charge in [0.2, 0.25) is 0 Å². The van der Waals surface area contributed by atoms with Crippen molar-refractivity contribution < 1.29 is 26.6 Å². The second kappa shape index (κ2) is 17.3. The highest BCUT2D eigenvalue weighted by molar-refractivity contribution is 6.67. The van der Waals surface area contributed by atoms with E-state index in [4.69, 9.17) is 26.6 Å². The first kappa shape index (κ1) is 31.9. The second-order valence-electron chi connectivity index (χ2n) is 7.85. The average Bonchev–Trinajstić information content (AvgIpc) is 2.92. The van der Waals surface area contributed by atoms with Gasteiger partial charge in [0.15, 0.2) is 0 Å². The first-order valence-corrected chi connectivity index (χ1v) is 16.9. The number of azo groups is 1. The van der Waals surface area contributed by atoms with Gasteiger partial charge < -0.3 is 26.6 Å². The van der Waals surface area contributed by atoms with E-state index >= 15 is 0 Å². The van der Waals surface area contributed by atoms with Gasteiger partial charge in [0, 0.05) is 39.6 Å². The molecule has 0 spiro atoms. The minimum atomic E-state index is -2.83. The number of nitrogens with zero attached hydrogens (tertiary/aromatic N) is 2. The van der Waals surface area contributed by atoms with Gasteiger partial charge in [-0.2, -0.15) is 10.2 Å². The van der Waals surface area contributed by atoms with Crippen molar-refractivity contribution in [2.24, 2.45) is 10.2 Å². The van der Waals surface area contributed by atoms with Crippen LogP contribution in [0.3, 0.4) is 0 Å². The summed E-state index contributed by atoms with van der Waals surface area (Å²) in [5.74, 6) is 0. The molecule has 38 heavy (non-hydrogen) atoms. The Kier molecular flexibility index (Phi) is 14.6. The van der Waals surface area contributed by atoms with E-state index < -0.39 is 17.6 Å². The van der Waals surface area contributed by atoms with Crippen LogP contribution in [0.25, 0.3) is 12.2 Å². The Bertz CT molecular complexity index is 897. The molecule has 0 saturated carbocycles. The lowest BCUT2D eigenvalue weighted by Crippen LogP contribution is -2.44. The number of benzene rings is 2. The van der Waals surface area contributed by atoms with Crippen LogP contribution in [-0.4, -0.2) is 57.3 Å². The molecule has 0 aliphatic carbocycles. The molecule has 0 aliphatic heterocycles. The standard InChI is InChI=1S/C28H42N2O6Si2/c1-7-31-37(32-8-2,33-9-3)23-21-25-13-17-27(18-14-25)29-30-28-19-15-26(16-20-28)22-24-38(34-10-4,35-11-5)36-12-6/h13-24H,7-12H2,1-6H3. The molecule has 10 heteroatoms. The molecule has 0 saturated heterocycles. The first-order valence-electron chi connectivity index (χ1n) is 13.3. The monoisotopic (exact) mass is 558 g/mol. The smallest absolute Gasteiger partial charge is 0.371 e. The van der Waals surface area contributed by atoms with E-state index in [2.05, 4.69) is 10.2 Å². The van der Waals surface area contributed by atoms with Crippen LogP contribution in [0.5, 0.6) is 0 Å². The van der Waals surface area contributed by atoms with E-state index in [1.54, 1.807) is 0 Å². The molecule has 0 radical (unpaired) electrons. The van der Waals surface area contributed by atoms with E-state index in [1.807, 2.05) is 114 Å². The molecule has 0 bridgehead atoms. The molecule has 0 amide bonds. The highest BCUT2D eigenvalue weighted by Gasteiger charge is 2.38. The highest BCUT2D eigenvalue weighted by Crippen LogP contribution is 2.22. The lowest BCUT2D eigenvalue weighted by Gasteiger charge is -2.25. The van der Waals surface area contributed by atoms with Crippen LogP contribution >= 0.6 is 0 Å². The molecule has 0 N–H and O–H groups in total. The lowest BCUT2D eigenvalue weighted by molar-refractivity contribution is 0.0837. The quantitative estimate of drug-likeness (QED) is 0.141. The summed E-state index contributed by atoms with van der Waals surface area (Å²) in [4.78, 5) is 0. The molecule has 0 aliphatic rings. The van der Waals surface area contributed by atoms with E-state index in [9.17, 15) is 0 Å². The van der Waals surface area contributed by atoms with Crippen molar-refractivity contribution in [1.82, 2.24) is 0 Å². The largest absolute Gasteiger partial charge is 0.529 e. The van der Waals surface area contributed by atoms with Crippen LogP contribution in [0.2, 0.25) is 0 Å².